The summed E-state index contributed by atoms with van der Waals surface area (Å²) in [5.41, 5.74) is 1.46. The monoisotopic (exact) mass is 372 g/mol. The van der Waals surface area contributed by atoms with E-state index in [-0.39, 0.29) is 18.3 Å². The van der Waals surface area contributed by atoms with E-state index in [1.54, 1.807) is 36.7 Å². The van der Waals surface area contributed by atoms with E-state index in [4.69, 9.17) is 4.42 Å². The first-order valence-corrected chi connectivity index (χ1v) is 9.27. The van der Waals surface area contributed by atoms with Crippen molar-refractivity contribution >= 4 is 17.2 Å². The van der Waals surface area contributed by atoms with Gasteiger partial charge in [0.1, 0.15) is 11.6 Å². The molecule has 3 rings (SSSR count). The SMILES string of the molecule is Cc1cc(CNC(=O)CN(Cc2ccco2)Cc2cccs2)ccc1F. The van der Waals surface area contributed by atoms with Gasteiger partial charge in [-0.1, -0.05) is 18.2 Å². The predicted octanol–water partition coefficient (Wildman–Crippen LogP) is 4.11. The van der Waals surface area contributed by atoms with Gasteiger partial charge in [-0.15, -0.1) is 11.3 Å². The summed E-state index contributed by atoms with van der Waals surface area (Å²) in [4.78, 5) is 15.6. The average Bonchev–Trinajstić information content (AvgIpc) is 3.30. The number of carbonyl (C=O) groups excluding carboxylic acids is 1. The maximum atomic E-state index is 13.3. The number of nitrogens with one attached hydrogen (secondary N) is 1. The molecule has 2 heterocycles. The lowest BCUT2D eigenvalue weighted by Crippen LogP contribution is -2.36. The zero-order chi connectivity index (χ0) is 18.4. The molecule has 26 heavy (non-hydrogen) atoms. The fourth-order valence-corrected chi connectivity index (χ4v) is 3.44. The van der Waals surface area contributed by atoms with Gasteiger partial charge in [0.2, 0.25) is 5.91 Å². The minimum atomic E-state index is -0.236. The van der Waals surface area contributed by atoms with Gasteiger partial charge in [-0.3, -0.25) is 9.69 Å². The predicted molar refractivity (Wildman–Crippen MR) is 100 cm³/mol. The molecule has 1 aromatic carbocycles. The molecular weight excluding hydrogens is 351 g/mol. The van der Waals surface area contributed by atoms with Crippen LogP contribution in [0.15, 0.2) is 58.5 Å². The molecule has 0 fully saturated rings. The Bertz CT molecular complexity index is 795. The molecule has 0 aliphatic rings. The Morgan fingerprint density at radius 2 is 2.12 bits per heavy atom. The van der Waals surface area contributed by atoms with Gasteiger partial charge in [0.25, 0.3) is 0 Å². The van der Waals surface area contributed by atoms with Gasteiger partial charge in [-0.25, -0.2) is 4.39 Å². The largest absolute Gasteiger partial charge is 0.468 e. The summed E-state index contributed by atoms with van der Waals surface area (Å²) in [7, 11) is 0. The summed E-state index contributed by atoms with van der Waals surface area (Å²) < 4.78 is 18.7. The van der Waals surface area contributed by atoms with Gasteiger partial charge < -0.3 is 9.73 Å². The highest BCUT2D eigenvalue weighted by Gasteiger charge is 2.14. The van der Waals surface area contributed by atoms with Crippen molar-refractivity contribution in [2.24, 2.45) is 0 Å². The van der Waals surface area contributed by atoms with Crippen molar-refractivity contribution in [1.29, 1.82) is 0 Å². The molecule has 2 aromatic heterocycles. The molecule has 0 aliphatic heterocycles. The van der Waals surface area contributed by atoms with Gasteiger partial charge in [0, 0.05) is 18.0 Å². The molecule has 1 N–H and O–H groups in total. The van der Waals surface area contributed by atoms with E-state index < -0.39 is 0 Å². The smallest absolute Gasteiger partial charge is 0.234 e. The molecule has 136 valence electrons. The van der Waals surface area contributed by atoms with Crippen LogP contribution in [0.25, 0.3) is 0 Å². The van der Waals surface area contributed by atoms with E-state index in [0.29, 0.717) is 25.2 Å². The van der Waals surface area contributed by atoms with Crippen molar-refractivity contribution in [2.45, 2.75) is 26.6 Å². The topological polar surface area (TPSA) is 45.5 Å². The van der Waals surface area contributed by atoms with Crippen molar-refractivity contribution in [2.75, 3.05) is 6.54 Å². The highest BCUT2D eigenvalue weighted by atomic mass is 32.1. The summed E-state index contributed by atoms with van der Waals surface area (Å²) in [6.45, 7) is 3.61. The second-order valence-corrected chi connectivity index (χ2v) is 7.20. The maximum Gasteiger partial charge on any atom is 0.234 e. The third-order valence-corrected chi connectivity index (χ3v) is 4.86. The second-order valence-electron chi connectivity index (χ2n) is 6.16. The second kappa shape index (κ2) is 8.78. The molecule has 0 spiro atoms. The number of aryl methyl sites for hydroxylation is 1. The average molecular weight is 372 g/mol. The summed E-state index contributed by atoms with van der Waals surface area (Å²) >= 11 is 1.66. The number of hydrogen-bond donors (Lipinski definition) is 1. The molecule has 0 aliphatic carbocycles. The summed E-state index contributed by atoms with van der Waals surface area (Å²) in [5, 5.41) is 4.93. The molecule has 1 amide bonds. The van der Waals surface area contributed by atoms with Crippen LogP contribution in [0.2, 0.25) is 0 Å². The van der Waals surface area contributed by atoms with Crippen LogP contribution >= 0.6 is 11.3 Å². The molecule has 0 atom stereocenters. The van der Waals surface area contributed by atoms with Crippen LogP contribution in [-0.2, 0) is 24.4 Å². The van der Waals surface area contributed by atoms with Crippen molar-refractivity contribution in [3.8, 4) is 0 Å². The fourth-order valence-electron chi connectivity index (χ4n) is 2.69. The molecule has 0 unspecified atom stereocenters. The zero-order valence-electron chi connectivity index (χ0n) is 14.6. The number of nitrogens with zero attached hydrogens (tertiary/aromatic N) is 1. The molecule has 0 saturated heterocycles. The first-order chi connectivity index (χ1) is 12.6. The molecule has 3 aromatic rings. The quantitative estimate of drug-likeness (QED) is 0.647. The third kappa shape index (κ3) is 5.28. The van der Waals surface area contributed by atoms with Crippen LogP contribution in [0, 0.1) is 12.7 Å². The van der Waals surface area contributed by atoms with Crippen LogP contribution in [0.3, 0.4) is 0 Å². The molecule has 0 radical (unpaired) electrons. The molecular formula is C20H21FN2O2S. The van der Waals surface area contributed by atoms with E-state index in [1.165, 1.54) is 10.9 Å². The Morgan fingerprint density at radius 3 is 2.81 bits per heavy atom. The highest BCUT2D eigenvalue weighted by molar-refractivity contribution is 7.09. The first kappa shape index (κ1) is 18.4. The molecule has 0 saturated carbocycles. The number of halogens is 1. The van der Waals surface area contributed by atoms with Crippen molar-refractivity contribution < 1.29 is 13.6 Å². The minimum Gasteiger partial charge on any atom is -0.468 e. The van der Waals surface area contributed by atoms with Crippen LogP contribution in [0.5, 0.6) is 0 Å². The lowest BCUT2D eigenvalue weighted by atomic mass is 10.1. The Hall–Kier alpha value is -2.44. The maximum absolute atomic E-state index is 13.3. The van der Waals surface area contributed by atoms with Gasteiger partial charge in [-0.05, 0) is 47.7 Å². The van der Waals surface area contributed by atoms with Gasteiger partial charge >= 0.3 is 0 Å². The van der Waals surface area contributed by atoms with Crippen LogP contribution in [0.1, 0.15) is 21.8 Å². The number of rotatable bonds is 8. The summed E-state index contributed by atoms with van der Waals surface area (Å²) in [5.74, 6) is 0.513. The fraction of sp³-hybridized carbons (Fsp3) is 0.250. The van der Waals surface area contributed by atoms with E-state index in [2.05, 4.69) is 11.4 Å². The van der Waals surface area contributed by atoms with Crippen LogP contribution < -0.4 is 5.32 Å². The zero-order valence-corrected chi connectivity index (χ0v) is 15.4. The number of amides is 1. The Kier molecular flexibility index (Phi) is 6.20. The van der Waals surface area contributed by atoms with E-state index >= 15 is 0 Å². The first-order valence-electron chi connectivity index (χ1n) is 8.39. The summed E-state index contributed by atoms with van der Waals surface area (Å²) in [6, 6.07) is 12.7. The van der Waals surface area contributed by atoms with Crippen LogP contribution in [0.4, 0.5) is 4.39 Å². The normalized spacial score (nSPS) is 11.0. The van der Waals surface area contributed by atoms with Gasteiger partial charge in [0.05, 0.1) is 19.4 Å². The standard InChI is InChI=1S/C20H21FN2O2S/c1-15-10-16(6-7-19(15)21)11-22-20(24)14-23(12-17-4-2-8-25-17)13-18-5-3-9-26-18/h2-10H,11-14H2,1H3,(H,22,24). The Morgan fingerprint density at radius 1 is 1.23 bits per heavy atom. The lowest BCUT2D eigenvalue weighted by Gasteiger charge is -2.20. The van der Waals surface area contributed by atoms with Crippen molar-refractivity contribution in [1.82, 2.24) is 10.2 Å². The molecule has 0 bridgehead atoms. The van der Waals surface area contributed by atoms with Crippen molar-refractivity contribution in [3.63, 3.8) is 0 Å². The van der Waals surface area contributed by atoms with Crippen LogP contribution in [-0.4, -0.2) is 17.4 Å². The number of benzene rings is 1. The Balaban J connectivity index is 1.57. The number of carbonyl (C=O) groups is 1. The minimum absolute atomic E-state index is 0.0740. The number of thiophene rings is 1. The van der Waals surface area contributed by atoms with E-state index in [9.17, 15) is 9.18 Å². The van der Waals surface area contributed by atoms with Crippen molar-refractivity contribution in [3.05, 3.63) is 81.7 Å². The number of furan rings is 1. The molecule has 6 heteroatoms. The summed E-state index contributed by atoms with van der Waals surface area (Å²) in [6.07, 6.45) is 1.63. The third-order valence-electron chi connectivity index (χ3n) is 4.00. The van der Waals surface area contributed by atoms with E-state index in [0.717, 1.165) is 11.3 Å². The highest BCUT2D eigenvalue weighted by Crippen LogP contribution is 2.15. The van der Waals surface area contributed by atoms with Gasteiger partial charge in [0.15, 0.2) is 0 Å². The molecule has 4 nitrogen and oxygen atoms in total. The lowest BCUT2D eigenvalue weighted by molar-refractivity contribution is -0.122. The van der Waals surface area contributed by atoms with E-state index in [1.807, 2.05) is 28.5 Å². The Labute approximate surface area is 156 Å². The van der Waals surface area contributed by atoms with Gasteiger partial charge in [-0.2, -0.15) is 0 Å². The number of hydrogen-bond acceptors (Lipinski definition) is 4.